The Morgan fingerprint density at radius 2 is 1.63 bits per heavy atom. The number of alkyl halides is 6. The summed E-state index contributed by atoms with van der Waals surface area (Å²) in [6.07, 6.45) is -4.93. The molecule has 41 heavy (non-hydrogen) atoms. The Morgan fingerprint density at radius 3 is 2.20 bits per heavy atom. The third-order valence-corrected chi connectivity index (χ3v) is 7.05. The van der Waals surface area contributed by atoms with Gasteiger partial charge in [-0.05, 0) is 78.4 Å². The highest BCUT2D eigenvalue weighted by atomic mass is 35.5. The molecule has 7 nitrogen and oxygen atoms in total. The molecule has 0 aliphatic heterocycles. The highest BCUT2D eigenvalue weighted by molar-refractivity contribution is 5.85. The molecule has 0 spiro atoms. The molecule has 0 saturated heterocycles. The van der Waals surface area contributed by atoms with Gasteiger partial charge in [0.15, 0.2) is 0 Å². The lowest BCUT2D eigenvalue weighted by molar-refractivity contribution is -0.138. The van der Waals surface area contributed by atoms with Crippen molar-refractivity contribution in [2.45, 2.75) is 58.0 Å². The first-order valence-electron chi connectivity index (χ1n) is 12.9. The second kappa shape index (κ2) is 13.0. The van der Waals surface area contributed by atoms with Crippen molar-refractivity contribution < 1.29 is 26.3 Å². The average Bonchev–Trinajstić information content (AvgIpc) is 3.57. The number of halogens is 7. The Labute approximate surface area is 240 Å². The first-order chi connectivity index (χ1) is 18.9. The molecule has 1 aliphatic carbocycles. The van der Waals surface area contributed by atoms with E-state index in [9.17, 15) is 31.6 Å². The van der Waals surface area contributed by atoms with Crippen molar-refractivity contribution in [1.82, 2.24) is 20.2 Å². The van der Waals surface area contributed by atoms with E-state index in [1.165, 1.54) is 24.1 Å². The molecule has 0 N–H and O–H groups in total. The number of aromatic nitrogens is 4. The zero-order valence-electron chi connectivity index (χ0n) is 22.5. The summed E-state index contributed by atoms with van der Waals surface area (Å²) in [5, 5.41) is 21.3. The largest absolute Gasteiger partial charge is 0.416 e. The lowest BCUT2D eigenvalue weighted by Gasteiger charge is -2.31. The quantitative estimate of drug-likeness (QED) is 0.252. The molecule has 1 aromatic heterocycles. The number of nitrogens with zero attached hydrogens (tertiary/aromatic N) is 7. The standard InChI is InChI=1S/C27H29F6N7.ClH/c1-3-39(15-18-6-4-5-7-18)24-9-8-22(26(28,29)30)13-21(24)17-40(25-35-37-38(2)36-25)16-20-10-19(14-34)11-23(12-20)27(31,32)33;/h8-13,18H,3-7,15-17H2,1-2H3;1H. The van der Waals surface area contributed by atoms with Crippen molar-refractivity contribution in [2.75, 3.05) is 22.9 Å². The van der Waals surface area contributed by atoms with E-state index in [0.29, 0.717) is 30.3 Å². The van der Waals surface area contributed by atoms with Crippen LogP contribution in [0.25, 0.3) is 0 Å². The van der Waals surface area contributed by atoms with Gasteiger partial charge < -0.3 is 9.80 Å². The fourth-order valence-electron chi connectivity index (χ4n) is 5.13. The van der Waals surface area contributed by atoms with E-state index in [4.69, 9.17) is 0 Å². The lowest BCUT2D eigenvalue weighted by atomic mass is 10.0. The molecule has 0 amide bonds. The molecule has 1 aliphatic rings. The van der Waals surface area contributed by atoms with Gasteiger partial charge in [-0.3, -0.25) is 0 Å². The number of anilines is 2. The summed E-state index contributed by atoms with van der Waals surface area (Å²) in [5.41, 5.74) is -0.952. The van der Waals surface area contributed by atoms with Crippen LogP contribution >= 0.6 is 12.4 Å². The molecule has 222 valence electrons. The van der Waals surface area contributed by atoms with Crippen LogP contribution in [0.15, 0.2) is 36.4 Å². The van der Waals surface area contributed by atoms with Gasteiger partial charge in [0.25, 0.3) is 5.95 Å². The fraction of sp³-hybridized carbons (Fsp3) is 0.481. The Bertz CT molecular complexity index is 1360. The van der Waals surface area contributed by atoms with E-state index in [0.717, 1.165) is 54.7 Å². The normalized spacial score (nSPS) is 14.0. The molecule has 0 radical (unpaired) electrons. The SMILES string of the molecule is CCN(CC1CCCC1)c1ccc(C(F)(F)F)cc1CN(Cc1cc(C#N)cc(C(F)(F)F)c1)c1nnn(C)n1.Cl. The maximum Gasteiger partial charge on any atom is 0.416 e. The van der Waals surface area contributed by atoms with E-state index in [1.54, 1.807) is 6.07 Å². The molecule has 3 aromatic rings. The third-order valence-electron chi connectivity index (χ3n) is 7.05. The molecular formula is C27H30ClF6N7. The summed E-state index contributed by atoms with van der Waals surface area (Å²) in [6, 6.07) is 8.29. The van der Waals surface area contributed by atoms with E-state index >= 15 is 0 Å². The van der Waals surface area contributed by atoms with Crippen LogP contribution in [-0.4, -0.2) is 33.3 Å². The van der Waals surface area contributed by atoms with E-state index in [2.05, 4.69) is 15.4 Å². The summed E-state index contributed by atoms with van der Waals surface area (Å²) < 4.78 is 81.9. The fourth-order valence-corrected chi connectivity index (χ4v) is 5.13. The summed E-state index contributed by atoms with van der Waals surface area (Å²) in [4.78, 5) is 4.67. The average molecular weight is 602 g/mol. The monoisotopic (exact) mass is 601 g/mol. The summed E-state index contributed by atoms with van der Waals surface area (Å²) in [5.74, 6) is 0.461. The van der Waals surface area contributed by atoms with E-state index in [1.807, 2.05) is 11.8 Å². The van der Waals surface area contributed by atoms with E-state index in [-0.39, 0.29) is 42.6 Å². The first-order valence-corrected chi connectivity index (χ1v) is 12.9. The van der Waals surface area contributed by atoms with Gasteiger partial charge in [0, 0.05) is 31.9 Å². The molecule has 1 saturated carbocycles. The van der Waals surface area contributed by atoms with Crippen molar-refractivity contribution in [2.24, 2.45) is 13.0 Å². The van der Waals surface area contributed by atoms with Crippen LogP contribution < -0.4 is 9.80 Å². The van der Waals surface area contributed by atoms with Crippen LogP contribution in [0.3, 0.4) is 0 Å². The Balaban J connectivity index is 0.00000462. The summed E-state index contributed by atoms with van der Waals surface area (Å²) >= 11 is 0. The van der Waals surface area contributed by atoms with Crippen molar-refractivity contribution >= 4 is 24.0 Å². The van der Waals surface area contributed by atoms with Gasteiger partial charge in [0.2, 0.25) is 0 Å². The van der Waals surface area contributed by atoms with Crippen molar-refractivity contribution in [3.8, 4) is 6.07 Å². The number of tetrazole rings is 1. The molecular weight excluding hydrogens is 572 g/mol. The van der Waals surface area contributed by atoms with Crippen LogP contribution in [0.1, 0.15) is 60.4 Å². The molecule has 0 atom stereocenters. The molecule has 2 aromatic carbocycles. The molecule has 0 bridgehead atoms. The maximum atomic E-state index is 13.8. The highest BCUT2D eigenvalue weighted by Gasteiger charge is 2.33. The Hall–Kier alpha value is -3.53. The lowest BCUT2D eigenvalue weighted by Crippen LogP contribution is -2.31. The van der Waals surface area contributed by atoms with Gasteiger partial charge >= 0.3 is 12.4 Å². The van der Waals surface area contributed by atoms with Gasteiger partial charge in [-0.1, -0.05) is 17.9 Å². The zero-order valence-corrected chi connectivity index (χ0v) is 23.3. The van der Waals surface area contributed by atoms with Crippen LogP contribution in [0.4, 0.5) is 38.0 Å². The number of benzene rings is 2. The zero-order chi connectivity index (χ0) is 29.1. The maximum absolute atomic E-state index is 13.8. The van der Waals surface area contributed by atoms with Gasteiger partial charge in [0.05, 0.1) is 29.8 Å². The Morgan fingerprint density at radius 1 is 0.951 bits per heavy atom. The minimum atomic E-state index is -4.69. The number of nitriles is 1. The van der Waals surface area contributed by atoms with Crippen LogP contribution in [-0.2, 0) is 32.5 Å². The second-order valence-electron chi connectivity index (χ2n) is 9.99. The predicted octanol–water partition coefficient (Wildman–Crippen LogP) is 6.76. The van der Waals surface area contributed by atoms with Crippen molar-refractivity contribution in [1.29, 1.82) is 5.26 Å². The van der Waals surface area contributed by atoms with E-state index < -0.39 is 23.5 Å². The van der Waals surface area contributed by atoms with Crippen LogP contribution in [0, 0.1) is 17.2 Å². The minimum absolute atomic E-state index is 0. The van der Waals surface area contributed by atoms with Crippen LogP contribution in [0.2, 0.25) is 0 Å². The van der Waals surface area contributed by atoms with Gasteiger partial charge in [-0.15, -0.1) is 17.5 Å². The number of hydrogen-bond donors (Lipinski definition) is 0. The molecule has 0 unspecified atom stereocenters. The third kappa shape index (κ3) is 8.03. The molecule has 4 rings (SSSR count). The van der Waals surface area contributed by atoms with Gasteiger partial charge in [0.1, 0.15) is 0 Å². The summed E-state index contributed by atoms with van der Waals surface area (Å²) in [7, 11) is 1.50. The van der Waals surface area contributed by atoms with Crippen molar-refractivity contribution in [3.05, 3.63) is 64.2 Å². The van der Waals surface area contributed by atoms with Gasteiger partial charge in [-0.25, -0.2) is 0 Å². The molecule has 1 heterocycles. The second-order valence-corrected chi connectivity index (χ2v) is 9.99. The summed E-state index contributed by atoms with van der Waals surface area (Å²) in [6.45, 7) is 2.86. The first kappa shape index (κ1) is 32.0. The number of rotatable bonds is 9. The van der Waals surface area contributed by atoms with Crippen LogP contribution in [0.5, 0.6) is 0 Å². The Kier molecular flexibility index (Phi) is 10.1. The van der Waals surface area contributed by atoms with Gasteiger partial charge in [-0.2, -0.15) is 36.4 Å². The highest BCUT2D eigenvalue weighted by Crippen LogP contribution is 2.36. The minimum Gasteiger partial charge on any atom is -0.371 e. The van der Waals surface area contributed by atoms with Crippen molar-refractivity contribution in [3.63, 3.8) is 0 Å². The number of hydrogen-bond acceptors (Lipinski definition) is 6. The smallest absolute Gasteiger partial charge is 0.371 e. The number of aryl methyl sites for hydroxylation is 1. The molecule has 14 heteroatoms. The predicted molar refractivity (Wildman–Crippen MR) is 143 cm³/mol. The molecule has 1 fully saturated rings. The topological polar surface area (TPSA) is 73.9 Å².